The van der Waals surface area contributed by atoms with Crippen molar-refractivity contribution in [3.8, 4) is 0 Å². The molecule has 1 aliphatic heterocycles. The number of rotatable bonds is 5. The Morgan fingerprint density at radius 2 is 1.73 bits per heavy atom. The largest absolute Gasteiger partial charge is 0.489 e. The molecule has 0 unspecified atom stereocenters. The van der Waals surface area contributed by atoms with E-state index in [0.29, 0.717) is 6.61 Å². The molecular formula is C19H18ClNO. The molecule has 0 aliphatic carbocycles. The van der Waals surface area contributed by atoms with Gasteiger partial charge in [0, 0.05) is 24.3 Å². The average Bonchev–Trinajstić information content (AvgIpc) is 2.57. The molecule has 0 amide bonds. The molecular weight excluding hydrogens is 294 g/mol. The van der Waals surface area contributed by atoms with Crippen molar-refractivity contribution in [2.45, 2.75) is 13.2 Å². The summed E-state index contributed by atoms with van der Waals surface area (Å²) in [5, 5.41) is 0.773. The molecule has 0 radical (unpaired) electrons. The van der Waals surface area contributed by atoms with Crippen molar-refractivity contribution in [3.05, 3.63) is 94.9 Å². The van der Waals surface area contributed by atoms with Gasteiger partial charge in [0.25, 0.3) is 0 Å². The molecule has 22 heavy (non-hydrogen) atoms. The highest BCUT2D eigenvalue weighted by molar-refractivity contribution is 6.30. The maximum atomic E-state index is 5.91. The zero-order valence-corrected chi connectivity index (χ0v) is 13.0. The Kier molecular flexibility index (Phi) is 4.81. The Morgan fingerprint density at radius 3 is 2.41 bits per heavy atom. The van der Waals surface area contributed by atoms with Crippen molar-refractivity contribution < 1.29 is 4.74 Å². The van der Waals surface area contributed by atoms with Crippen LogP contribution < -0.4 is 0 Å². The smallest absolute Gasteiger partial charge is 0.119 e. The van der Waals surface area contributed by atoms with E-state index in [-0.39, 0.29) is 0 Å². The molecule has 3 rings (SSSR count). The first-order chi connectivity index (χ1) is 10.8. The van der Waals surface area contributed by atoms with Crippen LogP contribution >= 0.6 is 11.6 Å². The first-order valence-corrected chi connectivity index (χ1v) is 7.71. The molecule has 112 valence electrons. The van der Waals surface area contributed by atoms with Gasteiger partial charge in [-0.1, -0.05) is 54.1 Å². The summed E-state index contributed by atoms with van der Waals surface area (Å²) >= 11 is 5.91. The van der Waals surface area contributed by atoms with E-state index >= 15 is 0 Å². The van der Waals surface area contributed by atoms with Gasteiger partial charge in [-0.2, -0.15) is 0 Å². The summed E-state index contributed by atoms with van der Waals surface area (Å²) in [6.07, 6.45) is 6.20. The molecule has 1 aliphatic rings. The minimum Gasteiger partial charge on any atom is -0.489 e. The fourth-order valence-electron chi connectivity index (χ4n) is 2.30. The highest BCUT2D eigenvalue weighted by Gasteiger charge is 2.06. The van der Waals surface area contributed by atoms with Crippen LogP contribution in [-0.4, -0.2) is 11.4 Å². The van der Waals surface area contributed by atoms with Crippen LogP contribution in [0.4, 0.5) is 0 Å². The van der Waals surface area contributed by atoms with E-state index < -0.39 is 0 Å². The molecule has 0 saturated heterocycles. The van der Waals surface area contributed by atoms with Crippen molar-refractivity contribution >= 4 is 11.6 Å². The number of hydrogen-bond donors (Lipinski definition) is 0. The quantitative estimate of drug-likeness (QED) is 0.788. The van der Waals surface area contributed by atoms with Gasteiger partial charge >= 0.3 is 0 Å². The maximum absolute atomic E-state index is 5.91. The third-order valence-electron chi connectivity index (χ3n) is 3.52. The van der Waals surface area contributed by atoms with Crippen molar-refractivity contribution in [2.24, 2.45) is 0 Å². The van der Waals surface area contributed by atoms with Crippen LogP contribution in [-0.2, 0) is 17.9 Å². The molecule has 1 heterocycles. The van der Waals surface area contributed by atoms with E-state index in [1.165, 1.54) is 11.1 Å². The summed E-state index contributed by atoms with van der Waals surface area (Å²) in [5.41, 5.74) is 2.43. The van der Waals surface area contributed by atoms with E-state index in [0.717, 1.165) is 23.9 Å². The predicted octanol–water partition coefficient (Wildman–Crippen LogP) is 4.77. The lowest BCUT2D eigenvalue weighted by Crippen LogP contribution is -2.19. The first kappa shape index (κ1) is 14.7. The van der Waals surface area contributed by atoms with Crippen LogP contribution in [0.5, 0.6) is 0 Å². The van der Waals surface area contributed by atoms with E-state index in [4.69, 9.17) is 16.3 Å². The second-order valence-corrected chi connectivity index (χ2v) is 5.69. The van der Waals surface area contributed by atoms with Gasteiger partial charge in [-0.25, -0.2) is 0 Å². The fraction of sp³-hybridized carbons (Fsp3) is 0.158. The number of hydrogen-bond acceptors (Lipinski definition) is 2. The second kappa shape index (κ2) is 7.19. The highest BCUT2D eigenvalue weighted by atomic mass is 35.5. The molecule has 0 fully saturated rings. The number of halogens is 1. The lowest BCUT2D eigenvalue weighted by atomic mass is 10.2. The maximum Gasteiger partial charge on any atom is 0.119 e. The fourth-order valence-corrected chi connectivity index (χ4v) is 2.43. The summed E-state index contributed by atoms with van der Waals surface area (Å²) < 4.78 is 5.81. The number of benzene rings is 2. The third-order valence-corrected chi connectivity index (χ3v) is 3.78. The standard InChI is InChI=1S/C19H18ClNO/c20-18-8-6-16(7-9-18)14-21-12-10-19(11-13-21)22-15-17-4-2-1-3-5-17/h1-12H,13-15H2. The lowest BCUT2D eigenvalue weighted by molar-refractivity contribution is 0.204. The predicted molar refractivity (Wildman–Crippen MR) is 90.3 cm³/mol. The minimum atomic E-state index is 0.605. The van der Waals surface area contributed by atoms with Gasteiger partial charge in [-0.05, 0) is 35.4 Å². The molecule has 0 N–H and O–H groups in total. The van der Waals surface area contributed by atoms with Gasteiger partial charge < -0.3 is 9.64 Å². The number of ether oxygens (including phenoxy) is 1. The Morgan fingerprint density at radius 1 is 0.955 bits per heavy atom. The van der Waals surface area contributed by atoms with Crippen molar-refractivity contribution in [1.29, 1.82) is 0 Å². The summed E-state index contributed by atoms with van der Waals surface area (Å²) in [6, 6.07) is 18.2. The third kappa shape index (κ3) is 4.15. The molecule has 3 heteroatoms. The van der Waals surface area contributed by atoms with Crippen LogP contribution in [0.25, 0.3) is 0 Å². The first-order valence-electron chi connectivity index (χ1n) is 7.33. The van der Waals surface area contributed by atoms with Crippen LogP contribution in [0.15, 0.2) is 78.7 Å². The Bertz CT molecular complexity index is 662. The summed E-state index contributed by atoms with van der Waals surface area (Å²) in [7, 11) is 0. The molecule has 2 aromatic rings. The summed E-state index contributed by atoms with van der Waals surface area (Å²) in [4.78, 5) is 2.23. The van der Waals surface area contributed by atoms with E-state index in [1.54, 1.807) is 0 Å². The van der Waals surface area contributed by atoms with E-state index in [2.05, 4.69) is 41.4 Å². The van der Waals surface area contributed by atoms with Gasteiger partial charge in [0.2, 0.25) is 0 Å². The van der Waals surface area contributed by atoms with Gasteiger partial charge in [0.1, 0.15) is 12.4 Å². The van der Waals surface area contributed by atoms with Crippen LogP contribution in [0, 0.1) is 0 Å². The number of allylic oxidation sites excluding steroid dienone is 1. The van der Waals surface area contributed by atoms with Crippen molar-refractivity contribution in [2.75, 3.05) is 6.54 Å². The zero-order valence-electron chi connectivity index (χ0n) is 12.3. The van der Waals surface area contributed by atoms with E-state index in [1.807, 2.05) is 36.4 Å². The molecule has 0 saturated carbocycles. The van der Waals surface area contributed by atoms with Gasteiger partial charge in [0.05, 0.1) is 0 Å². The SMILES string of the molecule is Clc1ccc(CN2C=CC(OCc3ccccc3)=CC2)cc1. The van der Waals surface area contributed by atoms with Gasteiger partial charge in [-0.15, -0.1) is 0 Å². The molecule has 0 aromatic heterocycles. The highest BCUT2D eigenvalue weighted by Crippen LogP contribution is 2.15. The monoisotopic (exact) mass is 311 g/mol. The molecule has 0 atom stereocenters. The topological polar surface area (TPSA) is 12.5 Å². The molecule has 2 nitrogen and oxygen atoms in total. The normalized spacial score (nSPS) is 13.9. The van der Waals surface area contributed by atoms with Crippen molar-refractivity contribution in [3.63, 3.8) is 0 Å². The Labute approximate surface area is 136 Å². The summed E-state index contributed by atoms with van der Waals surface area (Å²) in [6.45, 7) is 2.33. The van der Waals surface area contributed by atoms with Crippen LogP contribution in [0.2, 0.25) is 5.02 Å². The van der Waals surface area contributed by atoms with E-state index in [9.17, 15) is 0 Å². The van der Waals surface area contributed by atoms with Crippen molar-refractivity contribution in [1.82, 2.24) is 4.90 Å². The molecule has 0 bridgehead atoms. The zero-order chi connectivity index (χ0) is 15.2. The van der Waals surface area contributed by atoms with Crippen LogP contribution in [0.1, 0.15) is 11.1 Å². The van der Waals surface area contributed by atoms with Gasteiger partial charge in [0.15, 0.2) is 0 Å². The molecule has 0 spiro atoms. The summed E-state index contributed by atoms with van der Waals surface area (Å²) in [5.74, 6) is 0.927. The Balaban J connectivity index is 1.50. The Hall–Kier alpha value is -2.19. The minimum absolute atomic E-state index is 0.605. The number of nitrogens with zero attached hydrogens (tertiary/aromatic N) is 1. The lowest BCUT2D eigenvalue weighted by Gasteiger charge is -2.23. The van der Waals surface area contributed by atoms with Gasteiger partial charge in [-0.3, -0.25) is 0 Å². The average molecular weight is 312 g/mol. The van der Waals surface area contributed by atoms with Crippen LogP contribution in [0.3, 0.4) is 0 Å². The molecule has 2 aromatic carbocycles. The second-order valence-electron chi connectivity index (χ2n) is 5.25.